The van der Waals surface area contributed by atoms with Crippen LogP contribution in [-0.2, 0) is 0 Å². The summed E-state index contributed by atoms with van der Waals surface area (Å²) in [4.78, 5) is 34.7. The summed E-state index contributed by atoms with van der Waals surface area (Å²) in [7, 11) is 0. The highest BCUT2D eigenvalue weighted by atomic mass is 32.1. The Kier molecular flexibility index (Phi) is 4.80. The molecule has 1 saturated heterocycles. The third-order valence-corrected chi connectivity index (χ3v) is 7.54. The normalized spacial score (nSPS) is 14.9. The summed E-state index contributed by atoms with van der Waals surface area (Å²) in [5, 5.41) is 9.50. The van der Waals surface area contributed by atoms with Gasteiger partial charge < -0.3 is 4.90 Å². The number of aromatic nitrogens is 6. The predicted octanol–water partition coefficient (Wildman–Crippen LogP) is 3.29. The molecule has 1 aliphatic rings. The van der Waals surface area contributed by atoms with E-state index in [1.807, 2.05) is 23.1 Å². The largest absolute Gasteiger partial charge is 0.338 e. The first-order chi connectivity index (χ1) is 16.5. The van der Waals surface area contributed by atoms with Crippen molar-refractivity contribution in [3.8, 4) is 5.95 Å². The van der Waals surface area contributed by atoms with Gasteiger partial charge >= 0.3 is 0 Å². The molecular weight excluding hydrogens is 457 g/mol. The van der Waals surface area contributed by atoms with Crippen molar-refractivity contribution in [2.75, 3.05) is 13.1 Å². The number of carbonyl (C=O) groups excluding carboxylic acids is 1. The van der Waals surface area contributed by atoms with E-state index >= 15 is 0 Å². The summed E-state index contributed by atoms with van der Waals surface area (Å²) in [6.45, 7) is 2.98. The fraction of sp³-hybridized carbons (Fsp3) is 0.261. The third kappa shape index (κ3) is 3.31. The zero-order valence-electron chi connectivity index (χ0n) is 18.2. The molecule has 0 aliphatic carbocycles. The Morgan fingerprint density at radius 3 is 2.76 bits per heavy atom. The van der Waals surface area contributed by atoms with Crippen LogP contribution in [0.2, 0.25) is 0 Å². The SMILES string of the molecule is Cc1c(C(=O)N2CCC(c3nc4ccccc4s3)CC2)cnn1-c1nn2c(F)ccc2c(=O)[nH]1. The number of benzene rings is 1. The predicted molar refractivity (Wildman–Crippen MR) is 125 cm³/mol. The Bertz CT molecular complexity index is 1570. The van der Waals surface area contributed by atoms with Gasteiger partial charge in [-0.2, -0.15) is 14.0 Å². The smallest absolute Gasteiger partial charge is 0.276 e. The molecule has 11 heteroatoms. The van der Waals surface area contributed by atoms with E-state index in [9.17, 15) is 14.0 Å². The van der Waals surface area contributed by atoms with Crippen molar-refractivity contribution in [2.45, 2.75) is 25.7 Å². The van der Waals surface area contributed by atoms with E-state index in [1.54, 1.807) is 18.3 Å². The molecule has 1 N–H and O–H groups in total. The number of carbonyl (C=O) groups is 1. The van der Waals surface area contributed by atoms with Gasteiger partial charge in [-0.05, 0) is 44.0 Å². The minimum Gasteiger partial charge on any atom is -0.338 e. The van der Waals surface area contributed by atoms with Gasteiger partial charge in [0.15, 0.2) is 0 Å². The van der Waals surface area contributed by atoms with Crippen LogP contribution in [0.5, 0.6) is 0 Å². The van der Waals surface area contributed by atoms with E-state index in [4.69, 9.17) is 4.98 Å². The highest BCUT2D eigenvalue weighted by Gasteiger charge is 2.28. The molecule has 0 atom stereocenters. The number of nitrogens with one attached hydrogen (secondary N) is 1. The van der Waals surface area contributed by atoms with Crippen LogP contribution in [0.3, 0.4) is 0 Å². The number of halogens is 1. The number of rotatable bonds is 3. The highest BCUT2D eigenvalue weighted by Crippen LogP contribution is 2.34. The molecule has 1 fully saturated rings. The molecule has 6 rings (SSSR count). The van der Waals surface area contributed by atoms with Crippen LogP contribution in [-0.4, -0.2) is 53.3 Å². The molecule has 34 heavy (non-hydrogen) atoms. The lowest BCUT2D eigenvalue weighted by Crippen LogP contribution is -2.38. The molecule has 1 amide bonds. The number of hydrogen-bond donors (Lipinski definition) is 1. The zero-order chi connectivity index (χ0) is 23.4. The highest BCUT2D eigenvalue weighted by molar-refractivity contribution is 7.18. The quantitative estimate of drug-likeness (QED) is 0.430. The van der Waals surface area contributed by atoms with E-state index in [0.717, 1.165) is 27.9 Å². The minimum atomic E-state index is -0.653. The van der Waals surface area contributed by atoms with Crippen molar-refractivity contribution in [2.24, 2.45) is 0 Å². The molecule has 0 bridgehead atoms. The number of piperidine rings is 1. The van der Waals surface area contributed by atoms with Gasteiger partial charge in [0.2, 0.25) is 11.9 Å². The second kappa shape index (κ2) is 7.87. The van der Waals surface area contributed by atoms with Crippen LogP contribution in [0.1, 0.15) is 39.8 Å². The average Bonchev–Trinajstić information content (AvgIpc) is 3.56. The van der Waals surface area contributed by atoms with E-state index < -0.39 is 11.5 Å². The Labute approximate surface area is 196 Å². The molecular formula is C23H20FN7O2S. The summed E-state index contributed by atoms with van der Waals surface area (Å²) >= 11 is 1.72. The van der Waals surface area contributed by atoms with Crippen molar-refractivity contribution in [3.05, 3.63) is 75.2 Å². The lowest BCUT2D eigenvalue weighted by molar-refractivity contribution is 0.0712. The Morgan fingerprint density at radius 1 is 1.18 bits per heavy atom. The van der Waals surface area contributed by atoms with Gasteiger partial charge in [-0.1, -0.05) is 12.1 Å². The molecule has 5 heterocycles. The van der Waals surface area contributed by atoms with Crippen molar-refractivity contribution in [3.63, 3.8) is 0 Å². The number of likely N-dealkylation sites (tertiary alicyclic amines) is 1. The first kappa shape index (κ1) is 20.7. The first-order valence-corrected chi connectivity index (χ1v) is 11.8. The lowest BCUT2D eigenvalue weighted by Gasteiger charge is -2.31. The van der Waals surface area contributed by atoms with Crippen LogP contribution >= 0.6 is 11.3 Å². The maximum Gasteiger partial charge on any atom is 0.276 e. The number of fused-ring (bicyclic) bond motifs is 2. The second-order valence-corrected chi connectivity index (χ2v) is 9.43. The molecule has 172 valence electrons. The monoisotopic (exact) mass is 477 g/mol. The number of hydrogen-bond acceptors (Lipinski definition) is 6. The van der Waals surface area contributed by atoms with E-state index in [0.29, 0.717) is 30.3 Å². The topological polar surface area (TPSA) is 101 Å². The van der Waals surface area contributed by atoms with E-state index in [-0.39, 0.29) is 17.4 Å². The minimum absolute atomic E-state index is 0.0405. The van der Waals surface area contributed by atoms with Crippen molar-refractivity contribution < 1.29 is 9.18 Å². The maximum atomic E-state index is 14.0. The zero-order valence-corrected chi connectivity index (χ0v) is 19.0. The van der Waals surface area contributed by atoms with Crippen molar-refractivity contribution >= 4 is 33.0 Å². The fourth-order valence-corrected chi connectivity index (χ4v) is 5.59. The van der Waals surface area contributed by atoms with Crippen LogP contribution in [0.4, 0.5) is 4.39 Å². The Hall–Kier alpha value is -3.86. The van der Waals surface area contributed by atoms with Crippen LogP contribution in [0, 0.1) is 12.9 Å². The second-order valence-electron chi connectivity index (χ2n) is 8.37. The molecule has 4 aromatic heterocycles. The van der Waals surface area contributed by atoms with Crippen LogP contribution in [0.15, 0.2) is 47.4 Å². The molecule has 9 nitrogen and oxygen atoms in total. The Morgan fingerprint density at radius 2 is 1.97 bits per heavy atom. The molecule has 0 saturated carbocycles. The fourth-order valence-electron chi connectivity index (χ4n) is 4.46. The summed E-state index contributed by atoms with van der Waals surface area (Å²) < 4.78 is 17.4. The number of thiazole rings is 1. The van der Waals surface area contributed by atoms with E-state index in [1.165, 1.54) is 27.7 Å². The van der Waals surface area contributed by atoms with Gasteiger partial charge in [-0.3, -0.25) is 14.6 Å². The van der Waals surface area contributed by atoms with Gasteiger partial charge in [0, 0.05) is 19.0 Å². The average molecular weight is 478 g/mol. The van der Waals surface area contributed by atoms with Crippen molar-refractivity contribution in [1.82, 2.24) is 34.3 Å². The Balaban J connectivity index is 1.21. The summed E-state index contributed by atoms with van der Waals surface area (Å²) in [5.41, 5.74) is 1.57. The van der Waals surface area contributed by atoms with Gasteiger partial charge in [0.05, 0.1) is 32.7 Å². The van der Waals surface area contributed by atoms with E-state index in [2.05, 4.69) is 21.2 Å². The third-order valence-electron chi connectivity index (χ3n) is 6.34. The molecule has 5 aromatic rings. The number of amides is 1. The summed E-state index contributed by atoms with van der Waals surface area (Å²) in [5.74, 6) is -0.400. The maximum absolute atomic E-state index is 14.0. The van der Waals surface area contributed by atoms with Gasteiger partial charge in [-0.15, -0.1) is 16.4 Å². The molecule has 1 aromatic carbocycles. The number of nitrogens with zero attached hydrogens (tertiary/aromatic N) is 6. The first-order valence-electron chi connectivity index (χ1n) is 11.0. The molecule has 0 unspecified atom stereocenters. The van der Waals surface area contributed by atoms with Crippen LogP contribution in [0.25, 0.3) is 21.7 Å². The summed E-state index contributed by atoms with van der Waals surface area (Å²) in [6.07, 6.45) is 3.15. The lowest BCUT2D eigenvalue weighted by atomic mass is 9.97. The van der Waals surface area contributed by atoms with Crippen molar-refractivity contribution in [1.29, 1.82) is 0 Å². The standard InChI is InChI=1S/C23H20FN7O2S/c1-13-15(12-25-30(13)23-27-20(32)17-6-7-19(24)31(17)28-23)22(33)29-10-8-14(9-11-29)21-26-16-4-2-3-5-18(16)34-21/h2-7,12,14H,8-11H2,1H3,(H,27,28,32). The number of aromatic amines is 1. The molecule has 0 spiro atoms. The van der Waals surface area contributed by atoms with Gasteiger partial charge in [-0.25, -0.2) is 9.67 Å². The molecule has 1 aliphatic heterocycles. The molecule has 0 radical (unpaired) electrons. The number of para-hydroxylation sites is 1. The van der Waals surface area contributed by atoms with Gasteiger partial charge in [0.25, 0.3) is 11.5 Å². The van der Waals surface area contributed by atoms with Gasteiger partial charge in [0.1, 0.15) is 5.52 Å². The number of H-pyrrole nitrogens is 1. The summed E-state index contributed by atoms with van der Waals surface area (Å²) in [6, 6.07) is 10.7. The van der Waals surface area contributed by atoms with Crippen LogP contribution < -0.4 is 5.56 Å².